The molecule has 0 aliphatic rings. The molecule has 0 atom stereocenters. The lowest BCUT2D eigenvalue weighted by Crippen LogP contribution is -1.84. The monoisotopic (exact) mass is 462 g/mol. The number of carbonyl (C=O) groups excluding carboxylic acids is 1. The molecule has 2 heterocycles. The van der Waals surface area contributed by atoms with Gasteiger partial charge < -0.3 is 10.8 Å². The number of aliphatic hydroxyl groups is 1. The molecule has 8 heteroatoms. The van der Waals surface area contributed by atoms with Crippen LogP contribution in [-0.4, -0.2) is 43.8 Å². The predicted octanol–water partition coefficient (Wildman–Crippen LogP) is 4.29. The first-order chi connectivity index (χ1) is 16.3. The van der Waals surface area contributed by atoms with Gasteiger partial charge in [0.2, 0.25) is 0 Å². The maximum atomic E-state index is 9.97. The van der Waals surface area contributed by atoms with E-state index in [9.17, 15) is 4.79 Å². The van der Waals surface area contributed by atoms with E-state index >= 15 is 0 Å². The number of nitrogens with zero attached hydrogens (tertiary/aromatic N) is 5. The fourth-order valence-corrected chi connectivity index (χ4v) is 2.35. The third-order valence-electron chi connectivity index (χ3n) is 4.06. The van der Waals surface area contributed by atoms with Gasteiger partial charge in [0.15, 0.2) is 6.29 Å². The molecule has 0 saturated carbocycles. The number of benzene rings is 2. The molecule has 0 spiro atoms. The van der Waals surface area contributed by atoms with Crippen molar-refractivity contribution in [1.29, 1.82) is 0 Å². The summed E-state index contributed by atoms with van der Waals surface area (Å²) in [5, 5.41) is 15.4. The number of aliphatic hydroxyl groups excluding tert-OH is 1. The molecule has 4 rings (SSSR count). The molecule has 0 aliphatic carbocycles. The van der Waals surface area contributed by atoms with Crippen molar-refractivity contribution >= 4 is 23.9 Å². The van der Waals surface area contributed by atoms with E-state index in [0.29, 0.717) is 5.56 Å². The van der Waals surface area contributed by atoms with E-state index in [0.717, 1.165) is 23.2 Å². The summed E-state index contributed by atoms with van der Waals surface area (Å²) in [6.07, 6.45) is 9.49. The maximum absolute atomic E-state index is 9.97. The molecule has 0 aliphatic heterocycles. The van der Waals surface area contributed by atoms with E-state index in [-0.39, 0.29) is 6.61 Å². The lowest BCUT2D eigenvalue weighted by Gasteiger charge is -1.93. The van der Waals surface area contributed by atoms with E-state index in [4.69, 9.17) is 10.8 Å². The van der Waals surface area contributed by atoms with Crippen LogP contribution in [0.1, 0.15) is 34.0 Å². The second-order valence-corrected chi connectivity index (χ2v) is 7.33. The Morgan fingerprint density at radius 2 is 1.32 bits per heavy atom. The number of aliphatic imine (C=N–C) groups is 1. The Morgan fingerprint density at radius 1 is 0.882 bits per heavy atom. The maximum Gasteiger partial charge on any atom is 0.153 e. The highest BCUT2D eigenvalue weighted by molar-refractivity contribution is 5.81. The van der Waals surface area contributed by atoms with Crippen molar-refractivity contribution in [3.05, 3.63) is 95.6 Å². The van der Waals surface area contributed by atoms with Crippen molar-refractivity contribution in [2.45, 2.75) is 20.8 Å². The molecule has 0 radical (unpaired) electrons. The van der Waals surface area contributed by atoms with Gasteiger partial charge in [-0.1, -0.05) is 35.4 Å². The molecule has 2 aromatic carbocycles. The Balaban J connectivity index is 0.000000259. The molecule has 0 bridgehead atoms. The topological polar surface area (TPSA) is 111 Å². The molecule has 0 saturated heterocycles. The van der Waals surface area contributed by atoms with Gasteiger partial charge in [0, 0.05) is 50.6 Å². The van der Waals surface area contributed by atoms with Crippen LogP contribution in [0.3, 0.4) is 0 Å². The molecule has 0 unspecified atom stereocenters. The molecule has 180 valence electrons. The number of hydrogen-bond donors (Lipinski definition) is 2. The van der Waals surface area contributed by atoms with E-state index in [1.807, 2.05) is 62.8 Å². The largest absolute Gasteiger partial charge is 0.399 e. The summed E-state index contributed by atoms with van der Waals surface area (Å²) in [4.78, 5) is 14.3. The molecule has 8 nitrogen and oxygen atoms in total. The summed E-state index contributed by atoms with van der Waals surface area (Å²) in [6, 6.07) is 15.9. The van der Waals surface area contributed by atoms with Crippen molar-refractivity contribution in [1.82, 2.24) is 19.6 Å². The summed E-state index contributed by atoms with van der Waals surface area (Å²) in [5.41, 5.74) is 11.3. The van der Waals surface area contributed by atoms with Crippen LogP contribution in [0.2, 0.25) is 0 Å². The van der Waals surface area contributed by atoms with Crippen LogP contribution in [0.4, 0.5) is 11.4 Å². The summed E-state index contributed by atoms with van der Waals surface area (Å²) in [5.74, 6) is 0. The third-order valence-corrected chi connectivity index (χ3v) is 4.06. The number of nitrogen functional groups attached to an aromatic ring is 1. The number of aldehydes is 1. The SMILES string of the molecule is CCO.Cc1ccc(N)cc1.Cc1ccc(N=Cc2cnn(C)c2)cc1.Cn1cc(C=O)cn1. The molecule has 4 aromatic rings. The zero-order chi connectivity index (χ0) is 25.3. The van der Waals surface area contributed by atoms with Gasteiger partial charge in [-0.05, 0) is 45.0 Å². The number of rotatable bonds is 3. The highest BCUT2D eigenvalue weighted by atomic mass is 16.2. The van der Waals surface area contributed by atoms with Crippen LogP contribution >= 0.6 is 0 Å². The van der Waals surface area contributed by atoms with Crippen molar-refractivity contribution in [3.8, 4) is 0 Å². The summed E-state index contributed by atoms with van der Waals surface area (Å²) in [6.45, 7) is 6.04. The van der Waals surface area contributed by atoms with Crippen LogP contribution in [0.15, 0.2) is 78.3 Å². The second kappa shape index (κ2) is 15.7. The van der Waals surface area contributed by atoms with Gasteiger partial charge in [-0.3, -0.25) is 19.2 Å². The minimum Gasteiger partial charge on any atom is -0.399 e. The molecule has 34 heavy (non-hydrogen) atoms. The summed E-state index contributed by atoms with van der Waals surface area (Å²) in [7, 11) is 3.66. The van der Waals surface area contributed by atoms with Crippen LogP contribution in [0.5, 0.6) is 0 Å². The molecular formula is C26H34N6O2. The zero-order valence-electron chi connectivity index (χ0n) is 20.5. The molecular weight excluding hydrogens is 428 g/mol. The number of aromatic nitrogens is 4. The molecule has 3 N–H and O–H groups in total. The van der Waals surface area contributed by atoms with Gasteiger partial charge in [-0.15, -0.1) is 0 Å². The van der Waals surface area contributed by atoms with Crippen molar-refractivity contribution in [2.24, 2.45) is 19.1 Å². The van der Waals surface area contributed by atoms with E-state index in [1.54, 1.807) is 35.7 Å². The fraction of sp³-hybridized carbons (Fsp3) is 0.231. The van der Waals surface area contributed by atoms with Gasteiger partial charge in [0.05, 0.1) is 23.6 Å². The smallest absolute Gasteiger partial charge is 0.153 e. The summed E-state index contributed by atoms with van der Waals surface area (Å²) >= 11 is 0. The normalized spacial score (nSPS) is 9.71. The highest BCUT2D eigenvalue weighted by Gasteiger charge is 1.91. The molecule has 0 amide bonds. The average Bonchev–Trinajstić information content (AvgIpc) is 3.44. The minimum atomic E-state index is 0.250. The average molecular weight is 463 g/mol. The van der Waals surface area contributed by atoms with E-state index < -0.39 is 0 Å². The molecule has 0 fully saturated rings. The van der Waals surface area contributed by atoms with Crippen LogP contribution in [0.25, 0.3) is 0 Å². The lowest BCUT2D eigenvalue weighted by atomic mass is 10.2. The first-order valence-electron chi connectivity index (χ1n) is 10.7. The van der Waals surface area contributed by atoms with Gasteiger partial charge in [0.25, 0.3) is 0 Å². The number of carbonyl (C=O) groups is 1. The molecule has 2 aromatic heterocycles. The standard InChI is InChI=1S/C12H13N3.C7H9N.C5H6N2O.C2H6O/c1-10-3-5-12(6-4-10)13-7-11-8-14-15(2)9-11;1-6-2-4-7(8)5-3-6;1-7-3-5(4-8)2-6-7;1-2-3/h3-9H,1-2H3;2-5H,8H2,1H3;2-4H,1H3;3H,2H2,1H3. The number of anilines is 1. The first kappa shape index (κ1) is 28.0. The fourth-order valence-electron chi connectivity index (χ4n) is 2.35. The van der Waals surface area contributed by atoms with Crippen LogP contribution in [-0.2, 0) is 14.1 Å². The van der Waals surface area contributed by atoms with Gasteiger partial charge in [-0.2, -0.15) is 10.2 Å². The second-order valence-electron chi connectivity index (χ2n) is 7.33. The zero-order valence-corrected chi connectivity index (χ0v) is 20.5. The highest BCUT2D eigenvalue weighted by Crippen LogP contribution is 2.12. The summed E-state index contributed by atoms with van der Waals surface area (Å²) < 4.78 is 3.35. The third kappa shape index (κ3) is 12.1. The van der Waals surface area contributed by atoms with E-state index in [2.05, 4.69) is 34.2 Å². The van der Waals surface area contributed by atoms with Crippen LogP contribution < -0.4 is 5.73 Å². The Labute approximate surface area is 201 Å². The number of hydrogen-bond acceptors (Lipinski definition) is 6. The Morgan fingerprint density at radius 3 is 1.68 bits per heavy atom. The number of aryl methyl sites for hydroxylation is 4. The van der Waals surface area contributed by atoms with Crippen molar-refractivity contribution in [2.75, 3.05) is 12.3 Å². The quantitative estimate of drug-likeness (QED) is 0.268. The van der Waals surface area contributed by atoms with Gasteiger partial charge >= 0.3 is 0 Å². The number of nitrogens with two attached hydrogens (primary N) is 1. The predicted molar refractivity (Wildman–Crippen MR) is 139 cm³/mol. The van der Waals surface area contributed by atoms with Crippen molar-refractivity contribution < 1.29 is 9.90 Å². The Bertz CT molecular complexity index is 1090. The van der Waals surface area contributed by atoms with Gasteiger partial charge in [-0.25, -0.2) is 0 Å². The lowest BCUT2D eigenvalue weighted by molar-refractivity contribution is 0.112. The Hall–Kier alpha value is -4.04. The van der Waals surface area contributed by atoms with Crippen LogP contribution in [0, 0.1) is 13.8 Å². The van der Waals surface area contributed by atoms with Crippen molar-refractivity contribution in [3.63, 3.8) is 0 Å². The first-order valence-corrected chi connectivity index (χ1v) is 10.7. The minimum absolute atomic E-state index is 0.250. The Kier molecular flexibility index (Phi) is 12.9. The van der Waals surface area contributed by atoms with Gasteiger partial charge in [0.1, 0.15) is 0 Å². The van der Waals surface area contributed by atoms with E-state index in [1.165, 1.54) is 17.3 Å².